The largest absolute Gasteiger partial charge is 0.464 e. The summed E-state index contributed by atoms with van der Waals surface area (Å²) in [6.07, 6.45) is 1.64. The van der Waals surface area contributed by atoms with Crippen LogP contribution in [0.5, 0.6) is 0 Å². The normalized spacial score (nSPS) is 19.3. The molecule has 1 heterocycles. The molecule has 134 valence electrons. The molecule has 0 radical (unpaired) electrons. The third kappa shape index (κ3) is 3.46. The van der Waals surface area contributed by atoms with E-state index in [4.69, 9.17) is 4.74 Å². The Hall–Kier alpha value is -2.35. The van der Waals surface area contributed by atoms with Crippen molar-refractivity contribution in [3.63, 3.8) is 0 Å². The maximum absolute atomic E-state index is 13.1. The lowest BCUT2D eigenvalue weighted by Crippen LogP contribution is -2.51. The number of rotatable bonds is 5. The Morgan fingerprint density at radius 3 is 2.42 bits per heavy atom. The van der Waals surface area contributed by atoms with E-state index >= 15 is 0 Å². The zero-order valence-corrected chi connectivity index (χ0v) is 16.7. The van der Waals surface area contributed by atoms with Gasteiger partial charge in [-0.2, -0.15) is 0 Å². The van der Waals surface area contributed by atoms with Crippen LogP contribution in [0.25, 0.3) is 0 Å². The van der Waals surface area contributed by atoms with Gasteiger partial charge < -0.3 is 10.1 Å². The summed E-state index contributed by atoms with van der Waals surface area (Å²) in [4.78, 5) is 27.2. The van der Waals surface area contributed by atoms with Crippen LogP contribution in [0.1, 0.15) is 13.8 Å². The van der Waals surface area contributed by atoms with Crippen LogP contribution in [0.2, 0.25) is 0 Å². The molecule has 0 saturated carbocycles. The number of anilines is 2. The van der Waals surface area contributed by atoms with Gasteiger partial charge in [0.2, 0.25) is 0 Å². The number of para-hydroxylation sites is 1. The van der Waals surface area contributed by atoms with Crippen molar-refractivity contribution in [2.24, 2.45) is 0 Å². The van der Waals surface area contributed by atoms with E-state index in [0.29, 0.717) is 11.4 Å². The predicted octanol–water partition coefficient (Wildman–Crippen LogP) is 3.96. The van der Waals surface area contributed by atoms with Crippen LogP contribution in [0.4, 0.5) is 11.4 Å². The first-order valence-electron chi connectivity index (χ1n) is 8.28. The molecule has 2 aromatic rings. The Kier molecular flexibility index (Phi) is 5.31. The second kappa shape index (κ2) is 7.49. The third-order valence-electron chi connectivity index (χ3n) is 4.15. The molecule has 1 unspecified atom stereocenters. The van der Waals surface area contributed by atoms with Gasteiger partial charge in [0.1, 0.15) is 5.70 Å². The number of nitrogens with zero attached hydrogens (tertiary/aromatic N) is 1. The van der Waals surface area contributed by atoms with Crippen molar-refractivity contribution in [3.05, 3.63) is 69.9 Å². The first-order chi connectivity index (χ1) is 12.5. The van der Waals surface area contributed by atoms with Crippen LogP contribution in [-0.2, 0) is 14.3 Å². The molecule has 6 heteroatoms. The highest BCUT2D eigenvalue weighted by Gasteiger charge is 2.49. The highest BCUT2D eigenvalue weighted by Crippen LogP contribution is 2.35. The van der Waals surface area contributed by atoms with Gasteiger partial charge in [-0.1, -0.05) is 18.2 Å². The molecule has 0 aromatic heterocycles. The lowest BCUT2D eigenvalue weighted by Gasteiger charge is -2.32. The number of hydrogen-bond acceptors (Lipinski definition) is 4. The van der Waals surface area contributed by atoms with Gasteiger partial charge >= 0.3 is 5.97 Å². The molecule has 0 aliphatic carbocycles. The third-order valence-corrected chi connectivity index (χ3v) is 4.87. The number of carbonyl (C=O) groups excluding carboxylic acids is 2. The Balaban J connectivity index is 1.99. The summed E-state index contributed by atoms with van der Waals surface area (Å²) in [6.45, 7) is 3.69. The van der Waals surface area contributed by atoms with Crippen LogP contribution in [0.15, 0.2) is 66.4 Å². The molecule has 1 atom stereocenters. The van der Waals surface area contributed by atoms with E-state index in [1.165, 1.54) is 4.90 Å². The van der Waals surface area contributed by atoms with Gasteiger partial charge in [0.15, 0.2) is 5.54 Å². The van der Waals surface area contributed by atoms with E-state index in [0.717, 1.165) is 9.26 Å². The van der Waals surface area contributed by atoms with Crippen LogP contribution in [0.3, 0.4) is 0 Å². The molecule has 1 aliphatic rings. The van der Waals surface area contributed by atoms with E-state index in [1.54, 1.807) is 32.1 Å². The van der Waals surface area contributed by atoms with Crippen LogP contribution in [0, 0.1) is 3.57 Å². The summed E-state index contributed by atoms with van der Waals surface area (Å²) in [5.41, 5.74) is 0.570. The standard InChI is InChI=1S/C20H19IN2O3/c1-3-26-19(25)20(2)13-17(22-15-11-9-14(21)10-12-15)18(24)23(20)16-7-5-4-6-8-16/h4-13,22H,3H2,1-2H3. The number of nitrogens with one attached hydrogen (secondary N) is 1. The Bertz CT molecular complexity index is 849. The van der Waals surface area contributed by atoms with Crippen molar-refractivity contribution in [1.29, 1.82) is 0 Å². The molecular formula is C20H19IN2O3. The van der Waals surface area contributed by atoms with Gasteiger partial charge in [0.25, 0.3) is 5.91 Å². The van der Waals surface area contributed by atoms with Crippen molar-refractivity contribution >= 4 is 45.8 Å². The van der Waals surface area contributed by atoms with Crippen molar-refractivity contribution in [3.8, 4) is 0 Å². The second-order valence-electron chi connectivity index (χ2n) is 6.03. The van der Waals surface area contributed by atoms with Crippen molar-refractivity contribution in [2.75, 3.05) is 16.8 Å². The number of ether oxygens (including phenoxy) is 1. The van der Waals surface area contributed by atoms with Gasteiger partial charge in [-0.15, -0.1) is 0 Å². The second-order valence-corrected chi connectivity index (χ2v) is 7.28. The van der Waals surface area contributed by atoms with Gasteiger partial charge in [-0.05, 0) is 78.9 Å². The zero-order valence-electron chi connectivity index (χ0n) is 14.5. The Morgan fingerprint density at radius 1 is 1.15 bits per heavy atom. The Labute approximate surface area is 166 Å². The Morgan fingerprint density at radius 2 is 1.81 bits per heavy atom. The first kappa shape index (κ1) is 18.4. The molecule has 5 nitrogen and oxygen atoms in total. The van der Waals surface area contributed by atoms with Crippen molar-refractivity contribution in [2.45, 2.75) is 19.4 Å². The fraction of sp³-hybridized carbons (Fsp3) is 0.200. The highest BCUT2D eigenvalue weighted by molar-refractivity contribution is 14.1. The van der Waals surface area contributed by atoms with E-state index in [-0.39, 0.29) is 12.5 Å². The molecule has 0 bridgehead atoms. The number of amides is 1. The summed E-state index contributed by atoms with van der Waals surface area (Å²) in [6, 6.07) is 16.8. The minimum Gasteiger partial charge on any atom is -0.464 e. The molecule has 1 aliphatic heterocycles. The maximum Gasteiger partial charge on any atom is 0.336 e. The molecule has 26 heavy (non-hydrogen) atoms. The molecular weight excluding hydrogens is 443 g/mol. The fourth-order valence-electron chi connectivity index (χ4n) is 2.91. The number of esters is 1. The summed E-state index contributed by atoms with van der Waals surface area (Å²) < 4.78 is 6.34. The highest BCUT2D eigenvalue weighted by atomic mass is 127. The van der Waals surface area contributed by atoms with Gasteiger partial charge in [-0.3, -0.25) is 9.69 Å². The molecule has 1 amide bonds. The lowest BCUT2D eigenvalue weighted by molar-refractivity contribution is -0.147. The average molecular weight is 462 g/mol. The number of benzene rings is 2. The molecule has 0 fully saturated rings. The van der Waals surface area contributed by atoms with Crippen molar-refractivity contribution < 1.29 is 14.3 Å². The maximum atomic E-state index is 13.1. The number of halogens is 1. The number of carbonyl (C=O) groups is 2. The van der Waals surface area contributed by atoms with E-state index in [2.05, 4.69) is 27.9 Å². The zero-order chi connectivity index (χ0) is 18.7. The fourth-order valence-corrected chi connectivity index (χ4v) is 3.27. The summed E-state index contributed by atoms with van der Waals surface area (Å²) in [7, 11) is 0. The molecule has 0 saturated heterocycles. The van der Waals surface area contributed by atoms with E-state index < -0.39 is 11.5 Å². The van der Waals surface area contributed by atoms with Crippen LogP contribution >= 0.6 is 22.6 Å². The number of hydrogen-bond donors (Lipinski definition) is 1. The van der Waals surface area contributed by atoms with Crippen LogP contribution in [-0.4, -0.2) is 24.0 Å². The lowest BCUT2D eigenvalue weighted by atomic mass is 10.0. The van der Waals surface area contributed by atoms with Gasteiger partial charge in [-0.25, -0.2) is 4.79 Å². The predicted molar refractivity (Wildman–Crippen MR) is 110 cm³/mol. The first-order valence-corrected chi connectivity index (χ1v) is 9.36. The quantitative estimate of drug-likeness (QED) is 0.540. The molecule has 1 N–H and O–H groups in total. The summed E-state index contributed by atoms with van der Waals surface area (Å²) in [5, 5.41) is 3.13. The van der Waals surface area contributed by atoms with Gasteiger partial charge in [0, 0.05) is 14.9 Å². The van der Waals surface area contributed by atoms with E-state index in [9.17, 15) is 9.59 Å². The topological polar surface area (TPSA) is 58.6 Å². The SMILES string of the molecule is CCOC(=O)C1(C)C=C(Nc2ccc(I)cc2)C(=O)N1c1ccccc1. The molecule has 2 aromatic carbocycles. The monoisotopic (exact) mass is 462 g/mol. The summed E-state index contributed by atoms with van der Waals surface area (Å²) in [5.74, 6) is -0.734. The minimum absolute atomic E-state index is 0.249. The smallest absolute Gasteiger partial charge is 0.336 e. The van der Waals surface area contributed by atoms with Crippen LogP contribution < -0.4 is 10.2 Å². The molecule has 3 rings (SSSR count). The van der Waals surface area contributed by atoms with E-state index in [1.807, 2.05) is 42.5 Å². The molecule has 0 spiro atoms. The summed E-state index contributed by atoms with van der Waals surface area (Å²) >= 11 is 2.22. The average Bonchev–Trinajstić information content (AvgIpc) is 2.89. The van der Waals surface area contributed by atoms with Gasteiger partial charge in [0.05, 0.1) is 6.61 Å². The van der Waals surface area contributed by atoms with Crippen molar-refractivity contribution in [1.82, 2.24) is 0 Å². The minimum atomic E-state index is -1.21.